The molecular formula is C19H26ClN4O3+. The number of carbonyl (C=O) groups excluding carboxylic acids is 2. The second kappa shape index (κ2) is 8.63. The topological polar surface area (TPSA) is 75.1 Å². The molecule has 0 spiro atoms. The molecule has 0 bridgehead atoms. The van der Waals surface area contributed by atoms with E-state index < -0.39 is 0 Å². The Kier molecular flexibility index (Phi) is 6.23. The first-order valence-electron chi connectivity index (χ1n) is 9.26. The molecule has 146 valence electrons. The highest BCUT2D eigenvalue weighted by atomic mass is 35.5. The molecule has 2 heterocycles. The second-order valence-electron chi connectivity index (χ2n) is 6.83. The van der Waals surface area contributed by atoms with Crippen molar-refractivity contribution in [3.8, 4) is 0 Å². The largest absolute Gasteiger partial charge is 0.463 e. The van der Waals surface area contributed by atoms with E-state index in [0.29, 0.717) is 24.4 Å². The van der Waals surface area contributed by atoms with E-state index in [1.54, 1.807) is 6.92 Å². The van der Waals surface area contributed by atoms with Gasteiger partial charge in [-0.25, -0.2) is 9.59 Å². The van der Waals surface area contributed by atoms with Gasteiger partial charge in [-0.15, -0.1) is 0 Å². The van der Waals surface area contributed by atoms with E-state index in [1.807, 2.05) is 18.2 Å². The summed E-state index contributed by atoms with van der Waals surface area (Å²) < 4.78 is 5.12. The lowest BCUT2D eigenvalue weighted by Gasteiger charge is -2.35. The summed E-state index contributed by atoms with van der Waals surface area (Å²) >= 11 is 6.15. The number of ether oxygens (including phenoxy) is 1. The summed E-state index contributed by atoms with van der Waals surface area (Å²) in [6.07, 6.45) is 0. The molecule has 0 aliphatic carbocycles. The molecular weight excluding hydrogens is 368 g/mol. The van der Waals surface area contributed by atoms with Crippen LogP contribution in [0.25, 0.3) is 0 Å². The SMILES string of the molecule is CCOC(=O)C1=C(C[NH+]2CCN(c3cc(Cl)ccc3C)CC2)NC(=O)NC1. The van der Waals surface area contributed by atoms with Crippen molar-refractivity contribution in [2.75, 3.05) is 50.8 Å². The Morgan fingerprint density at radius 2 is 2.07 bits per heavy atom. The number of nitrogens with zero attached hydrogens (tertiary/aromatic N) is 1. The number of urea groups is 1. The maximum Gasteiger partial charge on any atom is 0.337 e. The minimum atomic E-state index is -0.368. The monoisotopic (exact) mass is 393 g/mol. The molecule has 1 saturated heterocycles. The molecule has 3 rings (SSSR count). The van der Waals surface area contributed by atoms with Crippen LogP contribution in [0.1, 0.15) is 12.5 Å². The lowest BCUT2D eigenvalue weighted by Crippen LogP contribution is -3.15. The molecule has 27 heavy (non-hydrogen) atoms. The zero-order chi connectivity index (χ0) is 19.4. The number of quaternary nitrogens is 1. The number of carbonyl (C=O) groups is 2. The molecule has 8 heteroatoms. The first kappa shape index (κ1) is 19.5. The highest BCUT2D eigenvalue weighted by Gasteiger charge is 2.28. The molecule has 0 atom stereocenters. The maximum atomic E-state index is 12.2. The molecule has 1 aromatic rings. The first-order valence-corrected chi connectivity index (χ1v) is 9.64. The second-order valence-corrected chi connectivity index (χ2v) is 7.27. The summed E-state index contributed by atoms with van der Waals surface area (Å²) in [5, 5.41) is 6.17. The number of esters is 1. The number of benzene rings is 1. The summed E-state index contributed by atoms with van der Waals surface area (Å²) in [5.74, 6) is -0.368. The average molecular weight is 394 g/mol. The Morgan fingerprint density at radius 1 is 1.33 bits per heavy atom. The average Bonchev–Trinajstić information content (AvgIpc) is 2.65. The summed E-state index contributed by atoms with van der Waals surface area (Å²) in [6.45, 7) is 8.60. The smallest absolute Gasteiger partial charge is 0.337 e. The van der Waals surface area contributed by atoms with Crippen LogP contribution in [0.3, 0.4) is 0 Å². The van der Waals surface area contributed by atoms with Crippen molar-refractivity contribution in [2.24, 2.45) is 0 Å². The van der Waals surface area contributed by atoms with Crippen LogP contribution in [0.15, 0.2) is 29.5 Å². The third-order valence-electron chi connectivity index (χ3n) is 4.99. The number of halogens is 1. The van der Waals surface area contributed by atoms with E-state index in [2.05, 4.69) is 22.5 Å². The van der Waals surface area contributed by atoms with Gasteiger partial charge in [0.1, 0.15) is 6.54 Å². The Balaban J connectivity index is 1.66. The molecule has 0 radical (unpaired) electrons. The number of rotatable bonds is 5. The van der Waals surface area contributed by atoms with Gasteiger partial charge in [0.15, 0.2) is 0 Å². The molecule has 3 N–H and O–H groups in total. The van der Waals surface area contributed by atoms with Crippen LogP contribution in [-0.4, -0.2) is 57.9 Å². The van der Waals surface area contributed by atoms with Crippen molar-refractivity contribution < 1.29 is 19.2 Å². The number of hydrogen-bond donors (Lipinski definition) is 3. The van der Waals surface area contributed by atoms with Gasteiger partial charge in [0.2, 0.25) is 0 Å². The van der Waals surface area contributed by atoms with Crippen LogP contribution in [0, 0.1) is 6.92 Å². The van der Waals surface area contributed by atoms with E-state index in [9.17, 15) is 9.59 Å². The van der Waals surface area contributed by atoms with Gasteiger partial charge in [0.25, 0.3) is 0 Å². The highest BCUT2D eigenvalue weighted by Crippen LogP contribution is 2.24. The molecule has 1 fully saturated rings. The minimum Gasteiger partial charge on any atom is -0.463 e. The van der Waals surface area contributed by atoms with Crippen molar-refractivity contribution >= 4 is 29.3 Å². The van der Waals surface area contributed by atoms with Crippen molar-refractivity contribution in [1.82, 2.24) is 10.6 Å². The third kappa shape index (κ3) is 4.73. The molecule has 7 nitrogen and oxygen atoms in total. The van der Waals surface area contributed by atoms with E-state index in [0.717, 1.165) is 31.2 Å². The summed E-state index contributed by atoms with van der Waals surface area (Å²) in [4.78, 5) is 27.5. The van der Waals surface area contributed by atoms with Gasteiger partial charge in [0.05, 0.1) is 50.6 Å². The van der Waals surface area contributed by atoms with E-state index in [1.165, 1.54) is 16.2 Å². The summed E-state index contributed by atoms with van der Waals surface area (Å²) in [5.41, 5.74) is 3.56. The Morgan fingerprint density at radius 3 is 2.78 bits per heavy atom. The van der Waals surface area contributed by atoms with Gasteiger partial charge in [-0.3, -0.25) is 0 Å². The van der Waals surface area contributed by atoms with Crippen molar-refractivity contribution in [1.29, 1.82) is 0 Å². The van der Waals surface area contributed by atoms with Crippen LogP contribution < -0.4 is 20.4 Å². The lowest BCUT2D eigenvalue weighted by molar-refractivity contribution is -0.896. The minimum absolute atomic E-state index is 0.209. The van der Waals surface area contributed by atoms with Crippen LogP contribution in [-0.2, 0) is 9.53 Å². The van der Waals surface area contributed by atoms with Crippen LogP contribution >= 0.6 is 11.6 Å². The van der Waals surface area contributed by atoms with Crippen LogP contribution in [0.4, 0.5) is 10.5 Å². The van der Waals surface area contributed by atoms with Gasteiger partial charge in [0, 0.05) is 10.7 Å². The van der Waals surface area contributed by atoms with Gasteiger partial charge in [-0.1, -0.05) is 17.7 Å². The fourth-order valence-corrected chi connectivity index (χ4v) is 3.68. The molecule has 0 saturated carbocycles. The molecule has 0 unspecified atom stereocenters. The number of nitrogens with one attached hydrogen (secondary N) is 3. The lowest BCUT2D eigenvalue weighted by atomic mass is 10.1. The number of piperazine rings is 1. The Hall–Kier alpha value is -2.25. The predicted octanol–water partition coefficient (Wildman–Crippen LogP) is 0.483. The fraction of sp³-hybridized carbons (Fsp3) is 0.474. The van der Waals surface area contributed by atoms with E-state index in [4.69, 9.17) is 16.3 Å². The zero-order valence-corrected chi connectivity index (χ0v) is 16.5. The number of hydrogen-bond acceptors (Lipinski definition) is 4. The summed E-state index contributed by atoms with van der Waals surface area (Å²) in [6, 6.07) is 5.69. The predicted molar refractivity (Wildman–Crippen MR) is 104 cm³/mol. The summed E-state index contributed by atoms with van der Waals surface area (Å²) in [7, 11) is 0. The van der Waals surface area contributed by atoms with Crippen LogP contribution in [0.5, 0.6) is 0 Å². The van der Waals surface area contributed by atoms with Crippen molar-refractivity contribution in [3.05, 3.63) is 40.1 Å². The highest BCUT2D eigenvalue weighted by molar-refractivity contribution is 6.30. The Bertz CT molecular complexity index is 757. The maximum absolute atomic E-state index is 12.2. The van der Waals surface area contributed by atoms with Gasteiger partial charge >= 0.3 is 12.0 Å². The molecule has 2 aliphatic rings. The van der Waals surface area contributed by atoms with E-state index in [-0.39, 0.29) is 18.5 Å². The van der Waals surface area contributed by atoms with Crippen LogP contribution in [0.2, 0.25) is 5.02 Å². The quantitative estimate of drug-likeness (QED) is 0.636. The van der Waals surface area contributed by atoms with Crippen molar-refractivity contribution in [2.45, 2.75) is 13.8 Å². The van der Waals surface area contributed by atoms with Crippen molar-refractivity contribution in [3.63, 3.8) is 0 Å². The molecule has 2 aliphatic heterocycles. The normalized spacial score (nSPS) is 18.2. The zero-order valence-electron chi connectivity index (χ0n) is 15.7. The first-order chi connectivity index (χ1) is 13.0. The standard InChI is InChI=1S/C19H25ClN4O3/c1-3-27-18(25)15-11-21-19(26)22-16(15)12-23-6-8-24(9-7-23)17-10-14(20)5-4-13(17)2/h4-5,10H,3,6-9,11-12H2,1-2H3,(H2,21,22,26)/p+1. The van der Waals surface area contributed by atoms with Gasteiger partial charge in [-0.2, -0.15) is 0 Å². The van der Waals surface area contributed by atoms with Gasteiger partial charge in [-0.05, 0) is 31.5 Å². The fourth-order valence-electron chi connectivity index (χ4n) is 3.51. The Labute approximate surface area is 164 Å². The molecule has 1 aromatic carbocycles. The van der Waals surface area contributed by atoms with Gasteiger partial charge < -0.3 is 25.2 Å². The molecule has 2 amide bonds. The number of anilines is 1. The molecule has 0 aromatic heterocycles. The number of amides is 2. The number of aryl methyl sites for hydroxylation is 1. The third-order valence-corrected chi connectivity index (χ3v) is 5.22. The van der Waals surface area contributed by atoms with E-state index >= 15 is 0 Å².